The maximum absolute atomic E-state index is 12.5. The number of benzene rings is 1. The Hall–Kier alpha value is -2.34. The van der Waals surface area contributed by atoms with E-state index in [0.717, 1.165) is 11.1 Å². The fraction of sp³-hybridized carbons (Fsp3) is 0.125. The molecule has 6 heteroatoms. The molecule has 1 N–H and O–H groups in total. The van der Waals surface area contributed by atoms with Gasteiger partial charge in [-0.1, -0.05) is 29.8 Å². The van der Waals surface area contributed by atoms with Gasteiger partial charge in [-0.3, -0.25) is 9.59 Å². The summed E-state index contributed by atoms with van der Waals surface area (Å²) in [6.45, 7) is 2.36. The van der Waals surface area contributed by atoms with Crippen LogP contribution in [-0.2, 0) is 6.54 Å². The Morgan fingerprint density at radius 1 is 1.23 bits per heavy atom. The van der Waals surface area contributed by atoms with Crippen molar-refractivity contribution in [2.45, 2.75) is 13.5 Å². The molecule has 2 heterocycles. The second-order valence-electron chi connectivity index (χ2n) is 5.13. The molecule has 0 atom stereocenters. The highest BCUT2D eigenvalue weighted by Crippen LogP contribution is 2.14. The van der Waals surface area contributed by atoms with Gasteiger partial charge in [-0.05, 0) is 28.4 Å². The molecular weight excluding hydrogens is 348 g/mol. The molecule has 0 unspecified atom stereocenters. The first-order valence-electron chi connectivity index (χ1n) is 6.66. The molecule has 0 bridgehead atoms. The fourth-order valence-corrected chi connectivity index (χ4v) is 2.81. The molecular formula is C16H13BrN2O3. The van der Waals surface area contributed by atoms with Crippen LogP contribution < -0.4 is 11.0 Å². The Labute approximate surface area is 134 Å². The van der Waals surface area contributed by atoms with Gasteiger partial charge < -0.3 is 14.1 Å². The number of pyridine rings is 1. The number of aromatic nitrogens is 2. The average Bonchev–Trinajstić information content (AvgIpc) is 2.48. The highest BCUT2D eigenvalue weighted by molar-refractivity contribution is 9.10. The summed E-state index contributed by atoms with van der Waals surface area (Å²) < 4.78 is 3.12. The number of fused-ring (bicyclic) bond motifs is 1. The number of aromatic hydroxyl groups is 1. The lowest BCUT2D eigenvalue weighted by molar-refractivity contribution is 0.471. The normalized spacial score (nSPS) is 11.0. The predicted octanol–water partition coefficient (Wildman–Crippen LogP) is 2.29. The van der Waals surface area contributed by atoms with Crippen LogP contribution in [-0.4, -0.2) is 14.1 Å². The summed E-state index contributed by atoms with van der Waals surface area (Å²) >= 11 is 3.07. The number of nitrogens with zero attached hydrogens (tertiary/aromatic N) is 2. The largest absolute Gasteiger partial charge is 0.503 e. The molecule has 0 radical (unpaired) electrons. The van der Waals surface area contributed by atoms with Crippen LogP contribution in [0.3, 0.4) is 0 Å². The highest BCUT2D eigenvalue weighted by Gasteiger charge is 2.13. The summed E-state index contributed by atoms with van der Waals surface area (Å²) in [5.74, 6) is -0.544. The lowest BCUT2D eigenvalue weighted by Gasteiger charge is -2.10. The van der Waals surface area contributed by atoms with Gasteiger partial charge in [0.05, 0.1) is 11.0 Å². The molecule has 0 aliphatic carbocycles. The zero-order chi connectivity index (χ0) is 15.9. The molecule has 112 valence electrons. The van der Waals surface area contributed by atoms with Gasteiger partial charge in [-0.2, -0.15) is 0 Å². The molecule has 2 aromatic heterocycles. The van der Waals surface area contributed by atoms with Crippen LogP contribution in [0, 0.1) is 6.92 Å². The molecule has 0 saturated heterocycles. The Kier molecular flexibility index (Phi) is 3.62. The first kappa shape index (κ1) is 14.6. The van der Waals surface area contributed by atoms with Crippen LogP contribution >= 0.6 is 15.9 Å². The van der Waals surface area contributed by atoms with Gasteiger partial charge in [0.1, 0.15) is 0 Å². The van der Waals surface area contributed by atoms with Crippen molar-refractivity contribution in [1.82, 2.24) is 8.97 Å². The minimum absolute atomic E-state index is 0.0247. The minimum Gasteiger partial charge on any atom is -0.503 e. The molecule has 3 aromatic rings. The van der Waals surface area contributed by atoms with E-state index in [1.807, 2.05) is 31.2 Å². The van der Waals surface area contributed by atoms with Gasteiger partial charge in [-0.15, -0.1) is 0 Å². The van der Waals surface area contributed by atoms with E-state index in [2.05, 4.69) is 15.9 Å². The lowest BCUT2D eigenvalue weighted by Crippen LogP contribution is -2.24. The summed E-state index contributed by atoms with van der Waals surface area (Å²) in [4.78, 5) is 24.3. The van der Waals surface area contributed by atoms with E-state index in [0.29, 0.717) is 6.54 Å². The smallest absolute Gasteiger partial charge is 0.279 e. The van der Waals surface area contributed by atoms with Crippen LogP contribution in [0.15, 0.2) is 56.9 Å². The van der Waals surface area contributed by atoms with Crippen molar-refractivity contribution < 1.29 is 5.11 Å². The third-order valence-electron chi connectivity index (χ3n) is 3.47. The van der Waals surface area contributed by atoms with E-state index >= 15 is 0 Å². The predicted molar refractivity (Wildman–Crippen MR) is 87.6 cm³/mol. The zero-order valence-electron chi connectivity index (χ0n) is 11.8. The van der Waals surface area contributed by atoms with Crippen molar-refractivity contribution in [3.63, 3.8) is 0 Å². The Bertz CT molecular complexity index is 989. The third kappa shape index (κ3) is 2.46. The van der Waals surface area contributed by atoms with E-state index in [-0.39, 0.29) is 9.99 Å². The quantitative estimate of drug-likeness (QED) is 0.762. The second-order valence-corrected chi connectivity index (χ2v) is 5.99. The number of hydrogen-bond acceptors (Lipinski definition) is 3. The molecule has 0 fully saturated rings. The highest BCUT2D eigenvalue weighted by atomic mass is 79.9. The van der Waals surface area contributed by atoms with Crippen LogP contribution in [0.2, 0.25) is 0 Å². The van der Waals surface area contributed by atoms with Gasteiger partial charge in [0.25, 0.3) is 5.56 Å². The van der Waals surface area contributed by atoms with Gasteiger partial charge in [-0.25, -0.2) is 0 Å². The molecule has 5 nitrogen and oxygen atoms in total. The van der Waals surface area contributed by atoms with Crippen molar-refractivity contribution in [2.75, 3.05) is 0 Å². The molecule has 0 aliphatic heterocycles. The molecule has 0 saturated carbocycles. The topological polar surface area (TPSA) is 63.7 Å². The van der Waals surface area contributed by atoms with E-state index < -0.39 is 16.7 Å². The van der Waals surface area contributed by atoms with Crippen LogP contribution in [0.1, 0.15) is 11.1 Å². The monoisotopic (exact) mass is 360 g/mol. The lowest BCUT2D eigenvalue weighted by atomic mass is 10.1. The SMILES string of the molecule is Cc1cccc(Cn2ccn3cc(Br)c(=O)c(O)c3c2=O)c1. The fourth-order valence-electron chi connectivity index (χ4n) is 2.41. The maximum Gasteiger partial charge on any atom is 0.279 e. The molecule has 0 amide bonds. The maximum atomic E-state index is 12.5. The van der Waals surface area contributed by atoms with Crippen LogP contribution in [0.5, 0.6) is 5.75 Å². The summed E-state index contributed by atoms with van der Waals surface area (Å²) in [5, 5.41) is 9.98. The van der Waals surface area contributed by atoms with Crippen molar-refractivity contribution in [1.29, 1.82) is 0 Å². The number of halogens is 1. The van der Waals surface area contributed by atoms with Crippen molar-refractivity contribution in [3.05, 3.63) is 79.0 Å². The Balaban J connectivity index is 2.19. The summed E-state index contributed by atoms with van der Waals surface area (Å²) in [6, 6.07) is 7.83. The van der Waals surface area contributed by atoms with Gasteiger partial charge in [0.2, 0.25) is 5.43 Å². The molecule has 3 rings (SSSR count). The second kappa shape index (κ2) is 5.46. The summed E-state index contributed by atoms with van der Waals surface area (Å²) in [5.41, 5.74) is 1.06. The molecule has 22 heavy (non-hydrogen) atoms. The first-order chi connectivity index (χ1) is 10.5. The van der Waals surface area contributed by atoms with Crippen molar-refractivity contribution >= 4 is 21.4 Å². The van der Waals surface area contributed by atoms with E-state index in [1.54, 1.807) is 12.4 Å². The summed E-state index contributed by atoms with van der Waals surface area (Å²) in [6.07, 6.45) is 4.74. The summed E-state index contributed by atoms with van der Waals surface area (Å²) in [7, 11) is 0. The molecule has 1 aromatic carbocycles. The molecule has 0 aliphatic rings. The minimum atomic E-state index is -0.592. The third-order valence-corrected chi connectivity index (χ3v) is 4.04. The number of hydrogen-bond donors (Lipinski definition) is 1. The van der Waals surface area contributed by atoms with Crippen molar-refractivity contribution in [3.8, 4) is 5.75 Å². The van der Waals surface area contributed by atoms with Gasteiger partial charge >= 0.3 is 0 Å². The Morgan fingerprint density at radius 3 is 2.73 bits per heavy atom. The average molecular weight is 361 g/mol. The van der Waals surface area contributed by atoms with E-state index in [4.69, 9.17) is 0 Å². The Morgan fingerprint density at radius 2 is 2.00 bits per heavy atom. The number of rotatable bonds is 2. The van der Waals surface area contributed by atoms with Crippen molar-refractivity contribution in [2.24, 2.45) is 0 Å². The standard InChI is InChI=1S/C16H13BrN2O3/c1-10-3-2-4-11(7-10)8-19-6-5-18-9-12(17)14(20)15(21)13(18)16(19)22/h2-7,9,21H,8H2,1H3. The van der Waals surface area contributed by atoms with Crippen LogP contribution in [0.4, 0.5) is 0 Å². The zero-order valence-corrected chi connectivity index (χ0v) is 13.4. The van der Waals surface area contributed by atoms with Crippen LogP contribution in [0.25, 0.3) is 5.52 Å². The van der Waals surface area contributed by atoms with Gasteiger partial charge in [0, 0.05) is 18.6 Å². The number of aryl methyl sites for hydroxylation is 1. The molecule has 0 spiro atoms. The van der Waals surface area contributed by atoms with E-state index in [1.165, 1.54) is 15.2 Å². The van der Waals surface area contributed by atoms with E-state index in [9.17, 15) is 14.7 Å². The van der Waals surface area contributed by atoms with Gasteiger partial charge in [0.15, 0.2) is 11.3 Å². The first-order valence-corrected chi connectivity index (χ1v) is 7.45.